The molecule has 0 saturated carbocycles. The first-order chi connectivity index (χ1) is 27.7. The molecule has 0 atom stereocenters. The number of nitrogens with one attached hydrogen (secondary N) is 4. The summed E-state index contributed by atoms with van der Waals surface area (Å²) in [7, 11) is 9.57. The fraction of sp³-hybridized carbons (Fsp3) is 0.122. The van der Waals surface area contributed by atoms with E-state index in [2.05, 4.69) is 63.6 Å². The van der Waals surface area contributed by atoms with Crippen LogP contribution in [-0.2, 0) is 21.1 Å². The molecule has 0 bridgehead atoms. The van der Waals surface area contributed by atoms with Gasteiger partial charge in [-0.25, -0.2) is 26.7 Å². The fourth-order valence-corrected chi connectivity index (χ4v) is 5.53. The molecule has 0 saturated heterocycles. The Morgan fingerprint density at radius 2 is 0.965 bits per heavy atom. The molecule has 7 rings (SSSR count). The van der Waals surface area contributed by atoms with Crippen LogP contribution in [0.5, 0.6) is 0 Å². The van der Waals surface area contributed by atoms with E-state index in [1.807, 2.05) is 186 Å². The van der Waals surface area contributed by atoms with E-state index in [0.29, 0.717) is 23.8 Å². The van der Waals surface area contributed by atoms with Gasteiger partial charge in [0.25, 0.3) is 0 Å². The van der Waals surface area contributed by atoms with Gasteiger partial charge in [-0.3, -0.25) is 4.57 Å². The number of benzene rings is 4. The molecule has 4 aromatic carbocycles. The Kier molecular flexibility index (Phi) is 11.2. The lowest BCUT2D eigenvalue weighted by Gasteiger charge is -2.15. The lowest BCUT2D eigenvalue weighted by Crippen LogP contribution is -2.25. The number of rotatable bonds is 14. The molecule has 16 nitrogen and oxygen atoms in total. The average molecular weight is 760 g/mol. The van der Waals surface area contributed by atoms with E-state index in [1.165, 1.54) is 0 Å². The van der Waals surface area contributed by atoms with Crippen molar-refractivity contribution < 1.29 is 9.13 Å². The van der Waals surface area contributed by atoms with Gasteiger partial charge in [-0.15, -0.1) is 0 Å². The van der Waals surface area contributed by atoms with Crippen LogP contribution >= 0.6 is 0 Å². The Bertz CT molecular complexity index is 2490. The topological polar surface area (TPSA) is 157 Å². The first kappa shape index (κ1) is 37.4. The van der Waals surface area contributed by atoms with Crippen LogP contribution in [0.1, 0.15) is 0 Å². The van der Waals surface area contributed by atoms with Crippen LogP contribution in [0.25, 0.3) is 6.20 Å². The van der Waals surface area contributed by atoms with Crippen LogP contribution in [-0.4, -0.2) is 38.2 Å². The van der Waals surface area contributed by atoms with Crippen molar-refractivity contribution in [1.82, 2.24) is 24.1 Å². The van der Waals surface area contributed by atoms with Crippen molar-refractivity contribution in [2.24, 2.45) is 41.6 Å². The number of aryl methyl sites for hydroxylation is 3. The largest absolute Gasteiger partial charge is 0.421 e. The number of imidazole rings is 2. The molecule has 0 radical (unpaired) electrons. The Balaban J connectivity index is 0.947. The molecule has 7 aromatic rings. The molecule has 0 unspecified atom stereocenters. The van der Waals surface area contributed by atoms with Gasteiger partial charge in [-0.1, -0.05) is 16.4 Å². The number of nitrogens with zero attached hydrogens (tertiary/aromatic N) is 12. The summed E-state index contributed by atoms with van der Waals surface area (Å²) >= 11 is 0. The second kappa shape index (κ2) is 17.1. The molecule has 3 heterocycles. The second-order valence-corrected chi connectivity index (χ2v) is 13.1. The van der Waals surface area contributed by atoms with Crippen LogP contribution in [0.15, 0.2) is 148 Å². The van der Waals surface area contributed by atoms with Gasteiger partial charge in [0.2, 0.25) is 17.8 Å². The van der Waals surface area contributed by atoms with E-state index in [9.17, 15) is 0 Å². The lowest BCUT2D eigenvalue weighted by atomic mass is 10.2. The first-order valence-corrected chi connectivity index (χ1v) is 18.0. The summed E-state index contributed by atoms with van der Waals surface area (Å²) < 4.78 is 7.57. The molecule has 0 aliphatic rings. The van der Waals surface area contributed by atoms with Crippen LogP contribution in [0, 0.1) is 6.92 Å². The molecule has 4 N–H and O–H groups in total. The van der Waals surface area contributed by atoms with Gasteiger partial charge in [0, 0.05) is 58.4 Å². The van der Waals surface area contributed by atoms with E-state index in [4.69, 9.17) is 0 Å². The van der Waals surface area contributed by atoms with Crippen LogP contribution in [0.2, 0.25) is 0 Å². The summed E-state index contributed by atoms with van der Waals surface area (Å²) in [6.45, 7) is 3.75. The maximum atomic E-state index is 4.65. The van der Waals surface area contributed by atoms with Crippen LogP contribution in [0.3, 0.4) is 0 Å². The molecule has 0 aliphatic carbocycles. The molecule has 0 spiro atoms. The quantitative estimate of drug-likeness (QED) is 0.0487. The zero-order valence-corrected chi connectivity index (χ0v) is 32.3. The zero-order chi connectivity index (χ0) is 39.7. The highest BCUT2D eigenvalue weighted by atomic mass is 15.3. The second-order valence-electron chi connectivity index (χ2n) is 13.1. The van der Waals surface area contributed by atoms with E-state index >= 15 is 0 Å². The van der Waals surface area contributed by atoms with Crippen molar-refractivity contribution in [1.29, 1.82) is 0 Å². The van der Waals surface area contributed by atoms with Crippen molar-refractivity contribution in [2.45, 2.75) is 0 Å². The minimum absolute atomic E-state index is 0.406. The molecular formula is C41H43N16+. The van der Waals surface area contributed by atoms with Crippen molar-refractivity contribution in [3.63, 3.8) is 0 Å². The number of aromatic nitrogens is 7. The Labute approximate surface area is 330 Å². The Hall–Kier alpha value is -7.88. The van der Waals surface area contributed by atoms with E-state index < -0.39 is 0 Å². The highest BCUT2D eigenvalue weighted by molar-refractivity contribution is 5.68. The lowest BCUT2D eigenvalue weighted by molar-refractivity contribution is -0.657. The first-order valence-electron chi connectivity index (χ1n) is 18.0. The third-order valence-electron chi connectivity index (χ3n) is 8.54. The summed E-state index contributed by atoms with van der Waals surface area (Å²) in [5.41, 5.74) is 6.84. The Morgan fingerprint density at radius 1 is 0.561 bits per heavy atom. The maximum Gasteiger partial charge on any atom is 0.421 e. The summed E-state index contributed by atoms with van der Waals surface area (Å²) in [6, 6.07) is 31.3. The molecule has 0 fully saturated rings. The average Bonchev–Trinajstić information content (AvgIpc) is 3.73. The highest BCUT2D eigenvalue weighted by Gasteiger charge is 2.12. The zero-order valence-electron chi connectivity index (χ0n) is 32.3. The number of hydrogen-bond acceptors (Lipinski definition) is 12. The standard InChI is InChI=1S/C41H41N16/c1-7-24-57-28-27-56(6)41(57)52-50-36-22-18-32(19-23-36)43-30-10-14-34(15-11-30)45-38-46-37(47-39(48-38)53(2)3)44-33-12-8-29(9-13-33)42-31-16-20-35(21-17-31)49-51-40-54(4)25-26-55(40)5/h7-28H,1H2,2-6H3,(H2,44,45,46,47,48,49,50)/q-1/p+2/b24-7+. The third-order valence-corrected chi connectivity index (χ3v) is 8.54. The number of hydrogen-bond donors (Lipinski definition) is 4. The van der Waals surface area contributed by atoms with E-state index in [-0.39, 0.29) is 0 Å². The van der Waals surface area contributed by atoms with Crippen LogP contribution < -0.4 is 35.3 Å². The van der Waals surface area contributed by atoms with Crippen molar-refractivity contribution in [3.8, 4) is 0 Å². The normalized spacial score (nSPS) is 11.5. The van der Waals surface area contributed by atoms with Gasteiger partial charge in [0.1, 0.15) is 11.4 Å². The minimum atomic E-state index is 0.406. The number of anilines is 9. The third kappa shape index (κ3) is 9.63. The predicted octanol–water partition coefficient (Wildman–Crippen LogP) is 8.84. The summed E-state index contributed by atoms with van der Waals surface area (Å²) in [6.07, 6.45) is 11.2. The monoisotopic (exact) mass is 759 g/mol. The highest BCUT2D eigenvalue weighted by Crippen LogP contribution is 2.26. The molecule has 0 aliphatic heterocycles. The van der Waals surface area contributed by atoms with Gasteiger partial charge in [-0.05, 0) is 97.1 Å². The van der Waals surface area contributed by atoms with Crippen molar-refractivity contribution in [3.05, 3.63) is 135 Å². The molecule has 286 valence electrons. The van der Waals surface area contributed by atoms with E-state index in [1.54, 1.807) is 6.08 Å². The summed E-state index contributed by atoms with van der Waals surface area (Å²) in [5.74, 6) is 2.76. The fourth-order valence-electron chi connectivity index (χ4n) is 5.53. The van der Waals surface area contributed by atoms with Crippen molar-refractivity contribution in [2.75, 3.05) is 40.3 Å². The van der Waals surface area contributed by atoms with Gasteiger partial charge in [0.15, 0.2) is 0 Å². The molecule has 3 aromatic heterocycles. The van der Waals surface area contributed by atoms with Gasteiger partial charge in [-0.2, -0.15) is 15.0 Å². The van der Waals surface area contributed by atoms with E-state index in [0.717, 1.165) is 51.4 Å². The molecule has 0 amide bonds. The molecular weight excluding hydrogens is 717 g/mol. The summed E-state index contributed by atoms with van der Waals surface area (Å²) in [4.78, 5) is 15.7. The number of azo groups is 2. The summed E-state index contributed by atoms with van der Waals surface area (Å²) in [5, 5.41) is 31.0. The van der Waals surface area contributed by atoms with Gasteiger partial charge >= 0.3 is 11.9 Å². The van der Waals surface area contributed by atoms with Gasteiger partial charge < -0.3 is 26.2 Å². The SMILES string of the molecule is [CH2-]/C=C/[n+]1ccn(C)c1N=Nc1ccc(Nc2ccc(Nc3nc(Nc4ccc(Nc5ccc(N=Nc6n(C)cc[n+]6C)cc5)cc4)nc(N(C)C)n3)cc2)cc1. The molecule has 57 heavy (non-hydrogen) atoms. The van der Waals surface area contributed by atoms with Crippen LogP contribution in [0.4, 0.5) is 75.2 Å². The maximum absolute atomic E-state index is 4.65. The molecule has 16 heteroatoms. The predicted molar refractivity (Wildman–Crippen MR) is 224 cm³/mol. The minimum Gasteiger partial charge on any atom is -0.356 e. The van der Waals surface area contributed by atoms with Crippen molar-refractivity contribution >= 4 is 81.4 Å². The van der Waals surface area contributed by atoms with Gasteiger partial charge in [0.05, 0.1) is 45.9 Å². The number of allylic oxidation sites excluding steroid dienone is 1. The smallest absolute Gasteiger partial charge is 0.356 e. The Morgan fingerprint density at radius 3 is 1.39 bits per heavy atom.